The minimum atomic E-state index is -1.03. The van der Waals surface area contributed by atoms with Gasteiger partial charge in [-0.25, -0.2) is 9.46 Å². The highest BCUT2D eigenvalue weighted by atomic mass is 31.2. The summed E-state index contributed by atoms with van der Waals surface area (Å²) >= 11 is 0. The van der Waals surface area contributed by atoms with E-state index in [4.69, 9.17) is 13.8 Å². The monoisotopic (exact) mass is 677 g/mol. The van der Waals surface area contributed by atoms with Crippen molar-refractivity contribution in [3.63, 3.8) is 0 Å². The van der Waals surface area contributed by atoms with E-state index in [1.54, 1.807) is 12.7 Å². The maximum atomic E-state index is 12.7. The molecule has 0 aliphatic heterocycles. The molecule has 4 aliphatic carbocycles. The molecular formula is C40H73N2O4P. The SMILES string of the molecule is COP(OCCCCCNC(=O)OC1CC[C@@]2(C)C(=CCC3C2CC[C@@]2(C)C3CC[C@@H]2[C@H](C)CCCC(C)C)C1)N(C(C)C)C(C)C. The van der Waals surface area contributed by atoms with E-state index in [-0.39, 0.29) is 17.6 Å². The Morgan fingerprint density at radius 1 is 0.936 bits per heavy atom. The van der Waals surface area contributed by atoms with E-state index in [1.165, 1.54) is 51.4 Å². The Balaban J connectivity index is 1.19. The molecule has 7 heteroatoms. The van der Waals surface area contributed by atoms with Crippen molar-refractivity contribution >= 4 is 14.6 Å². The molecular weight excluding hydrogens is 603 g/mol. The van der Waals surface area contributed by atoms with Crippen molar-refractivity contribution in [2.24, 2.45) is 46.3 Å². The molecule has 0 bridgehead atoms. The van der Waals surface area contributed by atoms with Gasteiger partial charge in [-0.1, -0.05) is 65.5 Å². The van der Waals surface area contributed by atoms with Gasteiger partial charge >= 0.3 is 6.09 Å². The van der Waals surface area contributed by atoms with Crippen LogP contribution < -0.4 is 5.32 Å². The molecule has 0 aromatic heterocycles. The van der Waals surface area contributed by atoms with Crippen LogP contribution in [0.4, 0.5) is 4.79 Å². The van der Waals surface area contributed by atoms with Gasteiger partial charge in [-0.2, -0.15) is 0 Å². The van der Waals surface area contributed by atoms with E-state index in [2.05, 4.69) is 78.4 Å². The number of fused-ring (bicyclic) bond motifs is 5. The third kappa shape index (κ3) is 9.36. The fourth-order valence-electron chi connectivity index (χ4n) is 10.9. The third-order valence-corrected chi connectivity index (χ3v) is 15.2. The third-order valence-electron chi connectivity index (χ3n) is 13.2. The second-order valence-electron chi connectivity index (χ2n) is 17.4. The van der Waals surface area contributed by atoms with Gasteiger partial charge < -0.3 is 19.1 Å². The summed E-state index contributed by atoms with van der Waals surface area (Å²) in [6.07, 6.45) is 19.5. The Hall–Kier alpha value is -0.680. The van der Waals surface area contributed by atoms with Gasteiger partial charge in [-0.05, 0) is 138 Å². The van der Waals surface area contributed by atoms with Gasteiger partial charge in [0.1, 0.15) is 6.10 Å². The quantitative estimate of drug-likeness (QED) is 0.0944. The maximum absolute atomic E-state index is 12.7. The molecule has 4 aliphatic rings. The Morgan fingerprint density at radius 2 is 1.68 bits per heavy atom. The average molecular weight is 677 g/mol. The minimum absolute atomic E-state index is 0.00818. The molecule has 1 N–H and O–H groups in total. The van der Waals surface area contributed by atoms with Gasteiger partial charge in [0, 0.05) is 32.2 Å². The van der Waals surface area contributed by atoms with Gasteiger partial charge in [-0.3, -0.25) is 0 Å². The van der Waals surface area contributed by atoms with E-state index in [9.17, 15) is 4.79 Å². The fourth-order valence-corrected chi connectivity index (χ4v) is 12.3. The summed E-state index contributed by atoms with van der Waals surface area (Å²) in [6.45, 7) is 22.6. The fraction of sp³-hybridized carbons (Fsp3) is 0.925. The van der Waals surface area contributed by atoms with Gasteiger partial charge in [0.25, 0.3) is 8.53 Å². The lowest BCUT2D eigenvalue weighted by Crippen LogP contribution is -2.51. The van der Waals surface area contributed by atoms with Crippen LogP contribution in [0, 0.1) is 46.3 Å². The summed E-state index contributed by atoms with van der Waals surface area (Å²) in [5.41, 5.74) is 2.41. The summed E-state index contributed by atoms with van der Waals surface area (Å²) in [6, 6.07) is 0.754. The van der Waals surface area contributed by atoms with Gasteiger partial charge in [0.05, 0.1) is 6.61 Å². The summed E-state index contributed by atoms with van der Waals surface area (Å²) in [7, 11) is 0.701. The lowest BCUT2D eigenvalue weighted by molar-refractivity contribution is -0.0581. The molecule has 6 nitrogen and oxygen atoms in total. The Morgan fingerprint density at radius 3 is 2.36 bits per heavy atom. The number of carbonyl (C=O) groups excluding carboxylic acids is 1. The van der Waals surface area contributed by atoms with Gasteiger partial charge in [0.2, 0.25) is 0 Å². The normalized spacial score (nSPS) is 33.4. The standard InChI is InChI=1S/C40H73N2O4P/c1-28(2)15-14-16-31(7)35-19-20-36-34-18-17-32-27-33(21-23-39(32,8)37(34)22-24-40(35,36)9)46-38(43)41-25-12-11-13-26-45-47(44-10)42(29(3)4)30(5)6/h17,28-31,33-37H,11-16,18-27H2,1-10H3,(H,41,43)/t31-,33?,34?,35-,36?,37?,39+,40-,47?/m1/s1. The van der Waals surface area contributed by atoms with E-state index >= 15 is 0 Å². The molecule has 47 heavy (non-hydrogen) atoms. The molecule has 0 aromatic carbocycles. The number of carbonyl (C=O) groups is 1. The molecule has 0 saturated heterocycles. The van der Waals surface area contributed by atoms with Crippen LogP contribution in [-0.4, -0.2) is 49.2 Å². The van der Waals surface area contributed by atoms with Crippen molar-refractivity contribution in [3.05, 3.63) is 11.6 Å². The molecule has 4 rings (SSSR count). The first-order valence-electron chi connectivity index (χ1n) is 19.7. The number of nitrogens with zero attached hydrogens (tertiary/aromatic N) is 1. The Labute approximate surface area is 291 Å². The van der Waals surface area contributed by atoms with Crippen molar-refractivity contribution in [1.82, 2.24) is 9.99 Å². The predicted octanol–water partition coefficient (Wildman–Crippen LogP) is 11.3. The number of hydrogen-bond acceptors (Lipinski definition) is 5. The van der Waals surface area contributed by atoms with E-state index < -0.39 is 8.53 Å². The van der Waals surface area contributed by atoms with Crippen LogP contribution >= 0.6 is 8.53 Å². The molecule has 0 aromatic rings. The zero-order chi connectivity index (χ0) is 34.4. The number of allylic oxidation sites excluding steroid dienone is 1. The van der Waals surface area contributed by atoms with Gasteiger partial charge in [0.15, 0.2) is 0 Å². The van der Waals surface area contributed by atoms with Crippen molar-refractivity contribution in [2.75, 3.05) is 20.3 Å². The highest BCUT2D eigenvalue weighted by molar-refractivity contribution is 7.44. The Bertz CT molecular complexity index is 1010. The lowest BCUT2D eigenvalue weighted by Gasteiger charge is -2.58. The van der Waals surface area contributed by atoms with Crippen molar-refractivity contribution in [1.29, 1.82) is 0 Å². The summed E-state index contributed by atoms with van der Waals surface area (Å²) in [5, 5.41) is 3.03. The topological polar surface area (TPSA) is 60.0 Å². The van der Waals surface area contributed by atoms with Crippen LogP contribution in [0.15, 0.2) is 11.6 Å². The zero-order valence-electron chi connectivity index (χ0n) is 32.1. The molecule has 9 atom stereocenters. The molecule has 5 unspecified atom stereocenters. The highest BCUT2D eigenvalue weighted by Gasteiger charge is 2.59. The maximum Gasteiger partial charge on any atom is 0.407 e. The van der Waals surface area contributed by atoms with Crippen LogP contribution in [0.3, 0.4) is 0 Å². The number of nitrogens with one attached hydrogen (secondary N) is 1. The van der Waals surface area contributed by atoms with Crippen LogP contribution in [0.1, 0.15) is 152 Å². The van der Waals surface area contributed by atoms with Gasteiger partial charge in [-0.15, -0.1) is 0 Å². The Kier molecular flexibility index (Phi) is 14.6. The second kappa shape index (κ2) is 17.5. The number of unbranched alkanes of at least 4 members (excludes halogenated alkanes) is 2. The molecule has 0 heterocycles. The van der Waals surface area contributed by atoms with Crippen molar-refractivity contribution < 1.29 is 18.6 Å². The van der Waals surface area contributed by atoms with E-state index in [0.717, 1.165) is 74.0 Å². The van der Waals surface area contributed by atoms with Crippen LogP contribution in [0.5, 0.6) is 0 Å². The number of ether oxygens (including phenoxy) is 1. The van der Waals surface area contributed by atoms with Crippen LogP contribution in [0.25, 0.3) is 0 Å². The molecule has 3 saturated carbocycles. The number of alkyl carbamates (subject to hydrolysis) is 1. The number of amides is 1. The van der Waals surface area contributed by atoms with Crippen molar-refractivity contribution in [2.45, 2.75) is 170 Å². The summed E-state index contributed by atoms with van der Waals surface area (Å²) in [4.78, 5) is 12.7. The largest absolute Gasteiger partial charge is 0.446 e. The lowest BCUT2D eigenvalue weighted by atomic mass is 9.47. The molecule has 272 valence electrons. The summed E-state index contributed by atoms with van der Waals surface area (Å²) in [5.74, 6) is 5.12. The smallest absolute Gasteiger partial charge is 0.407 e. The summed E-state index contributed by atoms with van der Waals surface area (Å²) < 4.78 is 20.1. The minimum Gasteiger partial charge on any atom is -0.446 e. The number of hydrogen-bond donors (Lipinski definition) is 1. The molecule has 0 spiro atoms. The second-order valence-corrected chi connectivity index (χ2v) is 18.9. The van der Waals surface area contributed by atoms with E-state index in [0.29, 0.717) is 30.7 Å². The van der Waals surface area contributed by atoms with Crippen molar-refractivity contribution in [3.8, 4) is 0 Å². The number of rotatable bonds is 17. The molecule has 3 fully saturated rings. The predicted molar refractivity (Wildman–Crippen MR) is 197 cm³/mol. The zero-order valence-corrected chi connectivity index (χ0v) is 33.0. The first-order chi connectivity index (χ1) is 22.3. The average Bonchev–Trinajstić information content (AvgIpc) is 3.36. The first-order valence-corrected chi connectivity index (χ1v) is 20.8. The first kappa shape index (κ1) is 39.1. The van der Waals surface area contributed by atoms with E-state index in [1.807, 2.05) is 0 Å². The van der Waals surface area contributed by atoms with Crippen LogP contribution in [-0.2, 0) is 13.8 Å². The molecule has 1 amide bonds. The highest BCUT2D eigenvalue weighted by Crippen LogP contribution is 2.67. The molecule has 0 radical (unpaired) electrons. The van der Waals surface area contributed by atoms with Crippen LogP contribution in [0.2, 0.25) is 0 Å².